The zero-order valence-electron chi connectivity index (χ0n) is 10.6. The number of anilines is 2. The second-order valence-electron chi connectivity index (χ2n) is 4.20. The fraction of sp³-hybridized carbons (Fsp3) is 0. The Morgan fingerprint density at radius 2 is 1.14 bits per heavy atom. The second kappa shape index (κ2) is 5.41. The Kier molecular flexibility index (Phi) is 3.66. The van der Waals surface area contributed by atoms with Crippen molar-refractivity contribution in [3.05, 3.63) is 47.5 Å². The van der Waals surface area contributed by atoms with Gasteiger partial charge in [0, 0.05) is 12.1 Å². The van der Waals surface area contributed by atoms with E-state index in [2.05, 4.69) is 5.32 Å². The lowest BCUT2D eigenvalue weighted by Crippen LogP contribution is -2.06. The van der Waals surface area contributed by atoms with E-state index in [9.17, 15) is 19.8 Å². The van der Waals surface area contributed by atoms with E-state index in [0.717, 1.165) is 12.1 Å². The average molecular weight is 289 g/mol. The maximum atomic E-state index is 11.1. The van der Waals surface area contributed by atoms with Crippen molar-refractivity contribution in [3.8, 4) is 11.5 Å². The van der Waals surface area contributed by atoms with Crippen molar-refractivity contribution in [2.75, 3.05) is 5.32 Å². The van der Waals surface area contributed by atoms with E-state index in [-0.39, 0.29) is 34.0 Å². The standard InChI is InChI=1S/C14H11NO6/c16-7-1-3-9(13(18)19)11(5-7)15-12-6-8(17)2-4-10(12)14(20)21/h1-6,15-17H,(H,18,19)(H,20,21). The van der Waals surface area contributed by atoms with Crippen LogP contribution in [0.2, 0.25) is 0 Å². The molecule has 0 atom stereocenters. The molecule has 108 valence electrons. The highest BCUT2D eigenvalue weighted by Gasteiger charge is 2.15. The average Bonchev–Trinajstić information content (AvgIpc) is 2.38. The van der Waals surface area contributed by atoms with E-state index < -0.39 is 11.9 Å². The van der Waals surface area contributed by atoms with Crippen LogP contribution in [-0.4, -0.2) is 32.4 Å². The minimum absolute atomic E-state index is 0.00981. The predicted octanol–water partition coefficient (Wildman–Crippen LogP) is 2.24. The minimum Gasteiger partial charge on any atom is -0.508 e. The molecule has 0 unspecified atom stereocenters. The molecule has 0 heterocycles. The molecule has 7 nitrogen and oxygen atoms in total. The summed E-state index contributed by atoms with van der Waals surface area (Å²) >= 11 is 0. The molecule has 0 spiro atoms. The Hall–Kier alpha value is -3.22. The molecule has 5 N–H and O–H groups in total. The van der Waals surface area contributed by atoms with Gasteiger partial charge in [-0.25, -0.2) is 9.59 Å². The van der Waals surface area contributed by atoms with Crippen molar-refractivity contribution >= 4 is 23.3 Å². The smallest absolute Gasteiger partial charge is 0.337 e. The van der Waals surface area contributed by atoms with Crippen molar-refractivity contribution in [1.29, 1.82) is 0 Å². The molecule has 0 aliphatic rings. The maximum absolute atomic E-state index is 11.1. The van der Waals surface area contributed by atoms with Crippen LogP contribution in [0.3, 0.4) is 0 Å². The maximum Gasteiger partial charge on any atom is 0.337 e. The first-order chi connectivity index (χ1) is 9.88. The SMILES string of the molecule is O=C(O)c1ccc(O)cc1Nc1cc(O)ccc1C(=O)O. The van der Waals surface area contributed by atoms with Crippen LogP contribution in [0.15, 0.2) is 36.4 Å². The van der Waals surface area contributed by atoms with E-state index in [1.165, 1.54) is 24.3 Å². The lowest BCUT2D eigenvalue weighted by atomic mass is 10.1. The molecule has 2 aromatic rings. The van der Waals surface area contributed by atoms with E-state index in [4.69, 9.17) is 10.2 Å². The number of carboxylic acids is 2. The third kappa shape index (κ3) is 3.03. The molecule has 0 amide bonds. The van der Waals surface area contributed by atoms with Crippen LogP contribution in [0, 0.1) is 0 Å². The molecule has 0 radical (unpaired) electrons. The Labute approximate surface area is 118 Å². The highest BCUT2D eigenvalue weighted by Crippen LogP contribution is 2.29. The fourth-order valence-electron chi connectivity index (χ4n) is 1.79. The van der Waals surface area contributed by atoms with E-state index in [1.807, 2.05) is 0 Å². The number of aromatic carboxylic acids is 2. The van der Waals surface area contributed by atoms with E-state index >= 15 is 0 Å². The van der Waals surface area contributed by atoms with Gasteiger partial charge in [-0.05, 0) is 24.3 Å². The molecule has 0 aliphatic heterocycles. The lowest BCUT2D eigenvalue weighted by molar-refractivity contribution is 0.0688. The van der Waals surface area contributed by atoms with Crippen LogP contribution in [0.1, 0.15) is 20.7 Å². The van der Waals surface area contributed by atoms with Gasteiger partial charge >= 0.3 is 11.9 Å². The number of nitrogens with one attached hydrogen (secondary N) is 1. The van der Waals surface area contributed by atoms with Gasteiger partial charge in [0.25, 0.3) is 0 Å². The summed E-state index contributed by atoms with van der Waals surface area (Å²) in [5, 5.41) is 39.6. The topological polar surface area (TPSA) is 127 Å². The molecular weight excluding hydrogens is 278 g/mol. The van der Waals surface area contributed by atoms with Gasteiger partial charge in [0.15, 0.2) is 0 Å². The van der Waals surface area contributed by atoms with Gasteiger partial charge < -0.3 is 25.7 Å². The van der Waals surface area contributed by atoms with Crippen LogP contribution in [0.4, 0.5) is 11.4 Å². The highest BCUT2D eigenvalue weighted by atomic mass is 16.4. The number of hydrogen-bond donors (Lipinski definition) is 5. The first kappa shape index (κ1) is 14.2. The number of phenols is 2. The molecule has 7 heteroatoms. The summed E-state index contributed by atoms with van der Waals surface area (Å²) in [4.78, 5) is 22.2. The van der Waals surface area contributed by atoms with Crippen LogP contribution in [-0.2, 0) is 0 Å². The zero-order valence-corrected chi connectivity index (χ0v) is 10.6. The lowest BCUT2D eigenvalue weighted by Gasteiger charge is -2.12. The molecular formula is C14H11NO6. The summed E-state index contributed by atoms with van der Waals surface area (Å²) in [5.41, 5.74) is -0.272. The van der Waals surface area contributed by atoms with Gasteiger partial charge in [-0.2, -0.15) is 0 Å². The van der Waals surface area contributed by atoms with Crippen molar-refractivity contribution in [2.45, 2.75) is 0 Å². The summed E-state index contributed by atoms with van der Waals surface area (Å²) < 4.78 is 0. The van der Waals surface area contributed by atoms with E-state index in [1.54, 1.807) is 0 Å². The number of phenolic OH excluding ortho intramolecular Hbond substituents is 2. The Bertz CT molecular complexity index is 664. The van der Waals surface area contributed by atoms with Crippen molar-refractivity contribution in [1.82, 2.24) is 0 Å². The second-order valence-corrected chi connectivity index (χ2v) is 4.20. The summed E-state index contributed by atoms with van der Waals surface area (Å²) in [6.07, 6.45) is 0. The molecule has 0 aromatic heterocycles. The van der Waals surface area contributed by atoms with Crippen LogP contribution < -0.4 is 5.32 Å². The molecule has 0 bridgehead atoms. The highest BCUT2D eigenvalue weighted by molar-refractivity contribution is 5.99. The van der Waals surface area contributed by atoms with Crippen LogP contribution in [0.5, 0.6) is 11.5 Å². The van der Waals surface area contributed by atoms with Gasteiger partial charge in [-0.3, -0.25) is 0 Å². The van der Waals surface area contributed by atoms with Crippen molar-refractivity contribution in [2.24, 2.45) is 0 Å². The molecule has 0 saturated heterocycles. The monoisotopic (exact) mass is 289 g/mol. The van der Waals surface area contributed by atoms with Gasteiger partial charge in [0.2, 0.25) is 0 Å². The number of rotatable bonds is 4. The quantitative estimate of drug-likeness (QED) is 0.584. The normalized spacial score (nSPS) is 10.1. The molecule has 0 saturated carbocycles. The summed E-state index contributed by atoms with van der Waals surface area (Å²) in [6, 6.07) is 7.08. The predicted molar refractivity (Wildman–Crippen MR) is 73.4 cm³/mol. The zero-order chi connectivity index (χ0) is 15.6. The number of carbonyl (C=O) groups is 2. The van der Waals surface area contributed by atoms with E-state index in [0.29, 0.717) is 0 Å². The molecule has 0 aliphatic carbocycles. The Balaban J connectivity index is 2.52. The van der Waals surface area contributed by atoms with Gasteiger partial charge in [0.05, 0.1) is 22.5 Å². The molecule has 21 heavy (non-hydrogen) atoms. The van der Waals surface area contributed by atoms with Gasteiger partial charge in [-0.15, -0.1) is 0 Å². The van der Waals surface area contributed by atoms with Crippen LogP contribution >= 0.6 is 0 Å². The van der Waals surface area contributed by atoms with Crippen molar-refractivity contribution < 1.29 is 30.0 Å². The number of carboxylic acid groups (broad SMARTS) is 2. The number of hydrogen-bond acceptors (Lipinski definition) is 5. The minimum atomic E-state index is -1.24. The summed E-state index contributed by atoms with van der Waals surface area (Å²) in [6.45, 7) is 0. The largest absolute Gasteiger partial charge is 0.508 e. The third-order valence-electron chi connectivity index (χ3n) is 2.74. The van der Waals surface area contributed by atoms with Gasteiger partial charge in [-0.1, -0.05) is 0 Å². The number of aromatic hydroxyl groups is 2. The molecule has 2 rings (SSSR count). The first-order valence-corrected chi connectivity index (χ1v) is 5.78. The van der Waals surface area contributed by atoms with Crippen molar-refractivity contribution in [3.63, 3.8) is 0 Å². The molecule has 0 fully saturated rings. The summed E-state index contributed by atoms with van der Waals surface area (Å²) in [5.74, 6) is -2.84. The third-order valence-corrected chi connectivity index (χ3v) is 2.74. The van der Waals surface area contributed by atoms with Gasteiger partial charge in [0.1, 0.15) is 11.5 Å². The molecule has 2 aromatic carbocycles. The van der Waals surface area contributed by atoms with Crippen LogP contribution in [0.25, 0.3) is 0 Å². The Morgan fingerprint density at radius 1 is 0.762 bits per heavy atom. The first-order valence-electron chi connectivity index (χ1n) is 5.78. The Morgan fingerprint density at radius 3 is 1.48 bits per heavy atom. The fourth-order valence-corrected chi connectivity index (χ4v) is 1.79. The summed E-state index contributed by atoms with van der Waals surface area (Å²) in [7, 11) is 0. The number of benzene rings is 2.